The first-order valence-electron chi connectivity index (χ1n) is 5.65. The number of aromatic nitrogens is 1. The van der Waals surface area contributed by atoms with Crippen LogP contribution in [-0.2, 0) is 0 Å². The zero-order chi connectivity index (χ0) is 14.7. The number of rotatable bonds is 4. The summed E-state index contributed by atoms with van der Waals surface area (Å²) in [6, 6.07) is 5.57. The summed E-state index contributed by atoms with van der Waals surface area (Å²) in [5, 5.41) is 2.70. The lowest BCUT2D eigenvalue weighted by Crippen LogP contribution is -2.04. The van der Waals surface area contributed by atoms with E-state index in [2.05, 4.69) is 10.3 Å². The van der Waals surface area contributed by atoms with Crippen molar-refractivity contribution in [2.75, 3.05) is 25.3 Å². The molecule has 0 saturated carbocycles. The molecule has 0 bridgehead atoms. The summed E-state index contributed by atoms with van der Waals surface area (Å²) in [7, 11) is 2.98. The number of halogens is 2. The first-order valence-corrected chi connectivity index (χ1v) is 5.65. The number of nitrogen functional groups attached to an aromatic ring is 1. The fraction of sp³-hybridized carbons (Fsp3) is 0.154. The third-order valence-electron chi connectivity index (χ3n) is 2.62. The Kier molecular flexibility index (Phi) is 3.88. The highest BCUT2D eigenvalue weighted by molar-refractivity contribution is 5.66. The normalized spacial score (nSPS) is 10.2. The molecule has 5 nitrogen and oxygen atoms in total. The van der Waals surface area contributed by atoms with E-state index in [0.717, 1.165) is 0 Å². The molecule has 1 aromatic carbocycles. The molecular weight excluding hydrogens is 268 g/mol. The van der Waals surface area contributed by atoms with E-state index in [1.165, 1.54) is 14.2 Å². The Balaban J connectivity index is 2.37. The van der Waals surface area contributed by atoms with Crippen LogP contribution in [0, 0.1) is 11.6 Å². The molecule has 0 unspecified atom stereocenters. The number of hydrogen-bond acceptors (Lipinski definition) is 5. The van der Waals surface area contributed by atoms with Gasteiger partial charge in [-0.3, -0.25) is 0 Å². The van der Waals surface area contributed by atoms with Crippen molar-refractivity contribution >= 4 is 17.3 Å². The lowest BCUT2D eigenvalue weighted by Gasteiger charge is -2.12. The van der Waals surface area contributed by atoms with Gasteiger partial charge in [-0.2, -0.15) is 0 Å². The summed E-state index contributed by atoms with van der Waals surface area (Å²) in [5.74, 6) is -1.33. The third-order valence-corrected chi connectivity index (χ3v) is 2.62. The van der Waals surface area contributed by atoms with Gasteiger partial charge in [-0.25, -0.2) is 13.8 Å². The molecule has 7 heteroatoms. The zero-order valence-corrected chi connectivity index (χ0v) is 10.9. The number of pyridine rings is 1. The van der Waals surface area contributed by atoms with Gasteiger partial charge in [0.05, 0.1) is 19.9 Å². The second-order valence-electron chi connectivity index (χ2n) is 3.88. The highest BCUT2D eigenvalue weighted by atomic mass is 19.1. The van der Waals surface area contributed by atoms with E-state index in [4.69, 9.17) is 15.2 Å². The molecule has 2 aromatic rings. The molecule has 0 spiro atoms. The van der Waals surface area contributed by atoms with Crippen molar-refractivity contribution in [3.05, 3.63) is 35.9 Å². The van der Waals surface area contributed by atoms with Gasteiger partial charge in [-0.05, 0) is 12.1 Å². The summed E-state index contributed by atoms with van der Waals surface area (Å²) >= 11 is 0. The maximum Gasteiger partial charge on any atom is 0.169 e. The van der Waals surface area contributed by atoms with Crippen molar-refractivity contribution in [2.45, 2.75) is 0 Å². The van der Waals surface area contributed by atoms with Crippen LogP contribution in [-0.4, -0.2) is 19.2 Å². The largest absolute Gasteiger partial charge is 0.497 e. The predicted molar refractivity (Wildman–Crippen MR) is 71.4 cm³/mol. The SMILES string of the molecule is COc1ccc(Nc2nc(N)c(F)cc2F)c(OC)c1. The van der Waals surface area contributed by atoms with Gasteiger partial charge in [0.1, 0.15) is 11.5 Å². The average molecular weight is 281 g/mol. The van der Waals surface area contributed by atoms with Gasteiger partial charge in [-0.1, -0.05) is 0 Å². The Morgan fingerprint density at radius 3 is 2.50 bits per heavy atom. The van der Waals surface area contributed by atoms with Crippen LogP contribution < -0.4 is 20.5 Å². The van der Waals surface area contributed by atoms with Crippen molar-refractivity contribution < 1.29 is 18.3 Å². The van der Waals surface area contributed by atoms with Crippen molar-refractivity contribution in [3.63, 3.8) is 0 Å². The Labute approximate surface area is 114 Å². The smallest absolute Gasteiger partial charge is 0.169 e. The van der Waals surface area contributed by atoms with Gasteiger partial charge in [0.15, 0.2) is 23.3 Å². The van der Waals surface area contributed by atoms with E-state index in [9.17, 15) is 8.78 Å². The summed E-state index contributed by atoms with van der Waals surface area (Å²) in [6.45, 7) is 0. The minimum Gasteiger partial charge on any atom is -0.497 e. The zero-order valence-electron chi connectivity index (χ0n) is 10.9. The summed E-state index contributed by atoms with van der Waals surface area (Å²) in [5.41, 5.74) is 5.77. The molecule has 3 N–H and O–H groups in total. The number of nitrogens with zero attached hydrogens (tertiary/aromatic N) is 1. The van der Waals surface area contributed by atoms with Gasteiger partial charge < -0.3 is 20.5 Å². The van der Waals surface area contributed by atoms with Crippen LogP contribution in [0.5, 0.6) is 11.5 Å². The van der Waals surface area contributed by atoms with Crippen LogP contribution in [0.2, 0.25) is 0 Å². The summed E-state index contributed by atoms with van der Waals surface area (Å²) in [4.78, 5) is 3.62. The topological polar surface area (TPSA) is 69.4 Å². The lowest BCUT2D eigenvalue weighted by molar-refractivity contribution is 0.395. The molecule has 20 heavy (non-hydrogen) atoms. The quantitative estimate of drug-likeness (QED) is 0.901. The number of ether oxygens (including phenoxy) is 2. The molecule has 1 aromatic heterocycles. The van der Waals surface area contributed by atoms with Crippen molar-refractivity contribution in [1.29, 1.82) is 0 Å². The Morgan fingerprint density at radius 2 is 1.85 bits per heavy atom. The van der Waals surface area contributed by atoms with Gasteiger partial charge in [0.25, 0.3) is 0 Å². The monoisotopic (exact) mass is 281 g/mol. The Bertz CT molecular complexity index is 635. The van der Waals surface area contributed by atoms with E-state index in [1.54, 1.807) is 18.2 Å². The number of nitrogens with two attached hydrogens (primary N) is 1. The molecular formula is C13H13F2N3O2. The molecule has 0 amide bonds. The molecule has 0 aliphatic heterocycles. The highest BCUT2D eigenvalue weighted by Crippen LogP contribution is 2.32. The maximum absolute atomic E-state index is 13.6. The highest BCUT2D eigenvalue weighted by Gasteiger charge is 2.12. The number of anilines is 3. The van der Waals surface area contributed by atoms with Crippen molar-refractivity contribution in [2.24, 2.45) is 0 Å². The van der Waals surface area contributed by atoms with E-state index < -0.39 is 11.6 Å². The second kappa shape index (κ2) is 5.60. The fourth-order valence-electron chi connectivity index (χ4n) is 1.60. The molecule has 0 saturated heterocycles. The Hall–Kier alpha value is -2.57. The van der Waals surface area contributed by atoms with Crippen LogP contribution in [0.3, 0.4) is 0 Å². The van der Waals surface area contributed by atoms with Gasteiger partial charge in [-0.15, -0.1) is 0 Å². The van der Waals surface area contributed by atoms with Crippen molar-refractivity contribution in [1.82, 2.24) is 4.98 Å². The van der Waals surface area contributed by atoms with Crippen molar-refractivity contribution in [3.8, 4) is 11.5 Å². The maximum atomic E-state index is 13.6. The number of benzene rings is 1. The summed E-state index contributed by atoms with van der Waals surface area (Å²) in [6.07, 6.45) is 0. The standard InChI is InChI=1S/C13H13F2N3O2/c1-19-7-3-4-10(11(5-7)20-2)17-13-9(15)6-8(14)12(16)18-13/h3-6H,1-2H3,(H3,16,17,18). The second-order valence-corrected chi connectivity index (χ2v) is 3.88. The molecule has 0 radical (unpaired) electrons. The molecule has 0 fully saturated rings. The molecule has 0 atom stereocenters. The number of methoxy groups -OCH3 is 2. The van der Waals surface area contributed by atoms with Gasteiger partial charge >= 0.3 is 0 Å². The van der Waals surface area contributed by atoms with Crippen LogP contribution in [0.1, 0.15) is 0 Å². The fourth-order valence-corrected chi connectivity index (χ4v) is 1.60. The van der Waals surface area contributed by atoms with Gasteiger partial charge in [0.2, 0.25) is 0 Å². The lowest BCUT2D eigenvalue weighted by atomic mass is 10.2. The molecule has 0 aliphatic rings. The van der Waals surface area contributed by atoms with E-state index in [1.807, 2.05) is 0 Å². The van der Waals surface area contributed by atoms with Gasteiger partial charge in [0, 0.05) is 12.1 Å². The average Bonchev–Trinajstić information content (AvgIpc) is 2.45. The van der Waals surface area contributed by atoms with Crippen LogP contribution in [0.4, 0.5) is 26.1 Å². The third kappa shape index (κ3) is 2.71. The molecule has 2 rings (SSSR count). The van der Waals surface area contributed by atoms with E-state index >= 15 is 0 Å². The van der Waals surface area contributed by atoms with Crippen LogP contribution in [0.15, 0.2) is 24.3 Å². The predicted octanol–water partition coefficient (Wildman–Crippen LogP) is 2.70. The van der Waals surface area contributed by atoms with Crippen LogP contribution in [0.25, 0.3) is 0 Å². The minimum atomic E-state index is -0.908. The minimum absolute atomic E-state index is 0.188. The first kappa shape index (κ1) is 13.9. The van der Waals surface area contributed by atoms with E-state index in [0.29, 0.717) is 23.3 Å². The van der Waals surface area contributed by atoms with Crippen LogP contribution >= 0.6 is 0 Å². The van der Waals surface area contributed by atoms with E-state index in [-0.39, 0.29) is 11.6 Å². The molecule has 0 aliphatic carbocycles. The number of nitrogens with one attached hydrogen (secondary N) is 1. The number of hydrogen-bond donors (Lipinski definition) is 2. The molecule has 1 heterocycles. The molecule has 106 valence electrons. The summed E-state index contributed by atoms with van der Waals surface area (Å²) < 4.78 is 36.9. The first-order chi connectivity index (χ1) is 9.55. The Morgan fingerprint density at radius 1 is 1.10 bits per heavy atom.